The largest absolute Gasteiger partial charge is 0.342 e. The maximum absolute atomic E-state index is 13.4. The van der Waals surface area contributed by atoms with Gasteiger partial charge in [0.2, 0.25) is 23.6 Å². The summed E-state index contributed by atoms with van der Waals surface area (Å²) in [7, 11) is 0. The number of carbonyl (C=O) groups excluding carboxylic acids is 4. The maximum Gasteiger partial charge on any atom is 0.246 e. The summed E-state index contributed by atoms with van der Waals surface area (Å²) in [6.07, 6.45) is 3.86. The van der Waals surface area contributed by atoms with Crippen molar-refractivity contribution in [1.29, 1.82) is 0 Å². The molecule has 3 fully saturated rings. The molecule has 0 spiro atoms. The molecule has 3 aliphatic heterocycles. The second-order valence-corrected chi connectivity index (χ2v) is 9.44. The van der Waals surface area contributed by atoms with Gasteiger partial charge in [-0.15, -0.1) is 0 Å². The van der Waals surface area contributed by atoms with Gasteiger partial charge in [-0.1, -0.05) is 34.1 Å². The lowest BCUT2D eigenvalue weighted by Gasteiger charge is -2.36. The summed E-state index contributed by atoms with van der Waals surface area (Å²) in [6.45, 7) is 8.93. The average Bonchev–Trinajstić information content (AvgIpc) is 3.38. The lowest BCUT2D eigenvalue weighted by molar-refractivity contribution is -0.147. The number of nitrogens with one attached hydrogen (secondary N) is 2. The first kappa shape index (κ1) is 22.6. The number of amides is 4. The first-order valence-corrected chi connectivity index (χ1v) is 11.5. The zero-order valence-corrected chi connectivity index (χ0v) is 18.6. The highest BCUT2D eigenvalue weighted by atomic mass is 16.2. The van der Waals surface area contributed by atoms with Crippen molar-refractivity contribution < 1.29 is 19.2 Å². The lowest BCUT2D eigenvalue weighted by Crippen LogP contribution is -2.62. The Labute approximate surface area is 179 Å². The molecular formula is C22H36N4O4. The quantitative estimate of drug-likeness (QED) is 0.710. The van der Waals surface area contributed by atoms with Crippen molar-refractivity contribution in [2.45, 2.75) is 90.4 Å². The fourth-order valence-corrected chi connectivity index (χ4v) is 4.88. The van der Waals surface area contributed by atoms with Crippen LogP contribution in [0.5, 0.6) is 0 Å². The van der Waals surface area contributed by atoms with Gasteiger partial charge in [0.1, 0.15) is 24.2 Å². The fourth-order valence-electron chi connectivity index (χ4n) is 4.88. The molecule has 3 heterocycles. The van der Waals surface area contributed by atoms with Crippen molar-refractivity contribution in [3.8, 4) is 0 Å². The molecule has 1 unspecified atom stereocenters. The Morgan fingerprint density at radius 2 is 1.40 bits per heavy atom. The van der Waals surface area contributed by atoms with Crippen molar-refractivity contribution in [2.24, 2.45) is 11.8 Å². The Bertz CT molecular complexity index is 695. The van der Waals surface area contributed by atoms with Crippen LogP contribution in [-0.4, -0.2) is 70.7 Å². The van der Waals surface area contributed by atoms with Gasteiger partial charge in [0.25, 0.3) is 0 Å². The van der Waals surface area contributed by atoms with Gasteiger partial charge in [-0.2, -0.15) is 0 Å². The van der Waals surface area contributed by atoms with E-state index in [1.54, 1.807) is 9.80 Å². The van der Waals surface area contributed by atoms with Crippen LogP contribution in [0.15, 0.2) is 0 Å². The summed E-state index contributed by atoms with van der Waals surface area (Å²) in [5.74, 6) is -0.750. The summed E-state index contributed by atoms with van der Waals surface area (Å²) in [6, 6.07) is -2.53. The topological polar surface area (TPSA) is 98.8 Å². The van der Waals surface area contributed by atoms with E-state index in [0.717, 1.165) is 19.3 Å². The summed E-state index contributed by atoms with van der Waals surface area (Å²) in [5, 5.41) is 5.89. The molecule has 8 nitrogen and oxygen atoms in total. The Morgan fingerprint density at radius 3 is 1.93 bits per heavy atom. The van der Waals surface area contributed by atoms with Gasteiger partial charge < -0.3 is 20.4 Å². The third kappa shape index (κ3) is 4.47. The smallest absolute Gasteiger partial charge is 0.246 e. The van der Waals surface area contributed by atoms with Gasteiger partial charge in [0, 0.05) is 13.1 Å². The Balaban J connectivity index is 1.98. The molecule has 0 aromatic heterocycles. The normalized spacial score (nSPS) is 31.6. The standard InChI is InChI=1S/C22H36N4O4/c1-5-14(4)18-22(30)26-11-7-8-16(26)19(27)23-15(12-13(2)3)21(29)25-10-6-9-17(25)20(28)24-18/h13-18H,5-12H2,1-4H3,(H,23,27)(H,24,28)/t14?,15-,16-,17-,18-/m0/s1. The van der Waals surface area contributed by atoms with Gasteiger partial charge in [-0.25, -0.2) is 0 Å². The van der Waals surface area contributed by atoms with E-state index in [1.807, 2.05) is 27.7 Å². The van der Waals surface area contributed by atoms with E-state index < -0.39 is 24.2 Å². The van der Waals surface area contributed by atoms with Crippen LogP contribution in [0.3, 0.4) is 0 Å². The summed E-state index contributed by atoms with van der Waals surface area (Å²) in [4.78, 5) is 56.3. The van der Waals surface area contributed by atoms with Gasteiger partial charge in [0.15, 0.2) is 0 Å². The van der Waals surface area contributed by atoms with Crippen LogP contribution in [0.25, 0.3) is 0 Å². The van der Waals surface area contributed by atoms with Gasteiger partial charge in [0.05, 0.1) is 0 Å². The Hall–Kier alpha value is -2.12. The zero-order chi connectivity index (χ0) is 22.0. The van der Waals surface area contributed by atoms with Crippen molar-refractivity contribution in [3.05, 3.63) is 0 Å². The molecule has 0 aromatic carbocycles. The minimum atomic E-state index is -0.681. The van der Waals surface area contributed by atoms with E-state index in [1.165, 1.54) is 0 Å². The SMILES string of the molecule is CCC(C)[C@@H]1NC(=O)[C@@H]2CCCN2C(=O)[C@H](CC(C)C)NC(=O)[C@@H]2CCCN2C1=O. The predicted octanol–water partition coefficient (Wildman–Crippen LogP) is 1.04. The highest BCUT2D eigenvalue weighted by Crippen LogP contribution is 2.25. The van der Waals surface area contributed by atoms with Crippen LogP contribution in [0, 0.1) is 11.8 Å². The van der Waals surface area contributed by atoms with E-state index in [9.17, 15) is 19.2 Å². The van der Waals surface area contributed by atoms with Gasteiger partial charge in [-0.05, 0) is 43.9 Å². The highest BCUT2D eigenvalue weighted by molar-refractivity contribution is 5.98. The molecule has 5 atom stereocenters. The molecule has 0 saturated carbocycles. The third-order valence-electron chi connectivity index (χ3n) is 6.78. The van der Waals surface area contributed by atoms with Crippen LogP contribution in [0.1, 0.15) is 66.2 Å². The lowest BCUT2D eigenvalue weighted by atomic mass is 9.96. The molecule has 4 amide bonds. The first-order valence-electron chi connectivity index (χ1n) is 11.5. The zero-order valence-electron chi connectivity index (χ0n) is 18.6. The molecule has 0 bridgehead atoms. The molecule has 2 N–H and O–H groups in total. The second kappa shape index (κ2) is 9.35. The predicted molar refractivity (Wildman–Crippen MR) is 112 cm³/mol. The third-order valence-corrected chi connectivity index (χ3v) is 6.78. The Morgan fingerprint density at radius 1 is 0.867 bits per heavy atom. The van der Waals surface area contributed by atoms with Crippen LogP contribution in [-0.2, 0) is 19.2 Å². The molecule has 3 rings (SSSR count). The van der Waals surface area contributed by atoms with E-state index >= 15 is 0 Å². The molecule has 30 heavy (non-hydrogen) atoms. The molecule has 0 radical (unpaired) electrons. The minimum Gasteiger partial charge on any atom is -0.342 e. The molecule has 3 saturated heterocycles. The molecule has 3 aliphatic rings. The van der Waals surface area contributed by atoms with Crippen molar-refractivity contribution in [3.63, 3.8) is 0 Å². The fraction of sp³-hybridized carbons (Fsp3) is 0.818. The van der Waals surface area contributed by atoms with Crippen molar-refractivity contribution in [2.75, 3.05) is 13.1 Å². The number of fused-ring (bicyclic) bond motifs is 2. The van der Waals surface area contributed by atoms with E-state index in [2.05, 4.69) is 10.6 Å². The van der Waals surface area contributed by atoms with Crippen LogP contribution in [0.2, 0.25) is 0 Å². The summed E-state index contributed by atoms with van der Waals surface area (Å²) >= 11 is 0. The Kier molecular flexibility index (Phi) is 7.03. The second-order valence-electron chi connectivity index (χ2n) is 9.44. The first-order chi connectivity index (χ1) is 14.2. The van der Waals surface area contributed by atoms with Crippen molar-refractivity contribution in [1.82, 2.24) is 20.4 Å². The van der Waals surface area contributed by atoms with E-state index in [4.69, 9.17) is 0 Å². The minimum absolute atomic E-state index is 0.0621. The molecule has 168 valence electrons. The molecular weight excluding hydrogens is 384 g/mol. The number of nitrogens with zero attached hydrogens (tertiary/aromatic N) is 2. The molecule has 0 aliphatic carbocycles. The van der Waals surface area contributed by atoms with Gasteiger partial charge in [-0.3, -0.25) is 19.2 Å². The van der Waals surface area contributed by atoms with Crippen LogP contribution < -0.4 is 10.6 Å². The van der Waals surface area contributed by atoms with Crippen LogP contribution in [0.4, 0.5) is 0 Å². The molecule has 8 heteroatoms. The number of hydrogen-bond acceptors (Lipinski definition) is 4. The molecule has 0 aromatic rings. The highest BCUT2D eigenvalue weighted by Gasteiger charge is 2.44. The van der Waals surface area contributed by atoms with E-state index in [0.29, 0.717) is 32.4 Å². The number of carbonyl (C=O) groups is 4. The monoisotopic (exact) mass is 420 g/mol. The van der Waals surface area contributed by atoms with E-state index in [-0.39, 0.29) is 35.5 Å². The summed E-state index contributed by atoms with van der Waals surface area (Å²) < 4.78 is 0. The average molecular weight is 421 g/mol. The number of rotatable bonds is 4. The van der Waals surface area contributed by atoms with Crippen molar-refractivity contribution >= 4 is 23.6 Å². The maximum atomic E-state index is 13.4. The van der Waals surface area contributed by atoms with Gasteiger partial charge >= 0.3 is 0 Å². The van der Waals surface area contributed by atoms with Crippen LogP contribution >= 0.6 is 0 Å². The summed E-state index contributed by atoms with van der Waals surface area (Å²) in [5.41, 5.74) is 0. The number of hydrogen-bond donors (Lipinski definition) is 2.